The number of carbonyl (C=O) groups excluding carboxylic acids is 2. The van der Waals surface area contributed by atoms with Crippen LogP contribution in [0.4, 0.5) is 5.69 Å². The molecule has 42 heavy (non-hydrogen) atoms. The van der Waals surface area contributed by atoms with Gasteiger partial charge < -0.3 is 30.5 Å². The fraction of sp³-hybridized carbons (Fsp3) is 0.414. The average Bonchev–Trinajstić information content (AvgIpc) is 3.55. The summed E-state index contributed by atoms with van der Waals surface area (Å²) in [7, 11) is 3.50. The van der Waals surface area contributed by atoms with Gasteiger partial charge in [0.05, 0.1) is 23.0 Å². The molecule has 1 aromatic heterocycles. The van der Waals surface area contributed by atoms with E-state index >= 15 is 0 Å². The standard InChI is InChI=1S/C29H37N7O4.2ClH/c1-29(28(40)36-12-4-5-13-36,18-34(2)25(37)15-26(38)39)16-19-6-11-23-22(14-19)33-24(35(23)3)17-32-21-9-7-20(8-10-21)27(30)31;;/h6-11,14,32H,4-5,12-13,15-18H2,1-3H3,(H3,30,31)(H,38,39);2*1H. The molecule has 1 saturated heterocycles. The fourth-order valence-electron chi connectivity index (χ4n) is 5.34. The molecule has 0 radical (unpaired) electrons. The van der Waals surface area contributed by atoms with Crippen molar-refractivity contribution in [1.82, 2.24) is 19.4 Å². The van der Waals surface area contributed by atoms with Crippen LogP contribution in [0.25, 0.3) is 11.0 Å². The van der Waals surface area contributed by atoms with Crippen LogP contribution in [0.15, 0.2) is 42.5 Å². The number of hydrogen-bond acceptors (Lipinski definition) is 6. The first-order valence-electron chi connectivity index (χ1n) is 13.3. The molecule has 0 aliphatic carbocycles. The molecule has 2 amide bonds. The van der Waals surface area contributed by atoms with Crippen LogP contribution < -0.4 is 11.1 Å². The van der Waals surface area contributed by atoms with Gasteiger partial charge in [0.25, 0.3) is 0 Å². The Labute approximate surface area is 257 Å². The number of nitrogens with two attached hydrogens (primary N) is 1. The van der Waals surface area contributed by atoms with Crippen molar-refractivity contribution >= 4 is 65.2 Å². The number of anilines is 1. The second-order valence-corrected chi connectivity index (χ2v) is 10.8. The topological polar surface area (TPSA) is 158 Å². The van der Waals surface area contributed by atoms with Crippen molar-refractivity contribution in [2.45, 2.75) is 39.2 Å². The summed E-state index contributed by atoms with van der Waals surface area (Å²) in [4.78, 5) is 45.2. The maximum Gasteiger partial charge on any atom is 0.312 e. The normalized spacial score (nSPS) is 13.9. The van der Waals surface area contributed by atoms with Gasteiger partial charge in [0.15, 0.2) is 0 Å². The van der Waals surface area contributed by atoms with Gasteiger partial charge in [0.1, 0.15) is 18.1 Å². The largest absolute Gasteiger partial charge is 0.481 e. The number of hydrogen-bond donors (Lipinski definition) is 4. The van der Waals surface area contributed by atoms with Gasteiger partial charge in [-0.15, -0.1) is 24.8 Å². The number of aromatic nitrogens is 2. The van der Waals surface area contributed by atoms with E-state index in [1.807, 2.05) is 53.8 Å². The maximum absolute atomic E-state index is 13.7. The number of likely N-dealkylation sites (tertiary alicyclic amines) is 1. The molecule has 1 aliphatic rings. The number of benzene rings is 2. The van der Waals surface area contributed by atoms with Gasteiger partial charge >= 0.3 is 5.97 Å². The van der Waals surface area contributed by atoms with Gasteiger partial charge in [0, 0.05) is 45.0 Å². The second kappa shape index (κ2) is 14.4. The third-order valence-corrected chi connectivity index (χ3v) is 7.50. The van der Waals surface area contributed by atoms with E-state index in [1.165, 1.54) is 4.90 Å². The monoisotopic (exact) mass is 619 g/mol. The summed E-state index contributed by atoms with van der Waals surface area (Å²) in [6.07, 6.45) is 1.68. The number of amidine groups is 1. The Morgan fingerprint density at radius 1 is 1.12 bits per heavy atom. The number of nitrogens with zero attached hydrogens (tertiary/aromatic N) is 4. The average molecular weight is 621 g/mol. The molecule has 3 aromatic rings. The highest BCUT2D eigenvalue weighted by Gasteiger charge is 2.39. The van der Waals surface area contributed by atoms with E-state index in [4.69, 9.17) is 21.2 Å². The SMILES string of the molecule is CN(CC(C)(Cc1ccc2c(c1)nc(CNc1ccc(C(=N)N)cc1)n2C)C(=O)N1CCCC1)C(=O)CC(=O)O.Cl.Cl. The first-order valence-corrected chi connectivity index (χ1v) is 13.3. The van der Waals surface area contributed by atoms with E-state index in [0.29, 0.717) is 31.6 Å². The van der Waals surface area contributed by atoms with Crippen LogP contribution in [0.3, 0.4) is 0 Å². The number of carboxylic acids is 1. The van der Waals surface area contributed by atoms with Crippen molar-refractivity contribution in [3.05, 3.63) is 59.4 Å². The number of imidazole rings is 1. The molecule has 1 atom stereocenters. The zero-order valence-corrected chi connectivity index (χ0v) is 25.7. The lowest BCUT2D eigenvalue weighted by Crippen LogP contribution is -2.49. The van der Waals surface area contributed by atoms with Gasteiger partial charge in [-0.3, -0.25) is 19.8 Å². The van der Waals surface area contributed by atoms with E-state index in [1.54, 1.807) is 19.2 Å². The maximum atomic E-state index is 13.7. The molecule has 2 heterocycles. The van der Waals surface area contributed by atoms with Crippen LogP contribution in [0.2, 0.25) is 0 Å². The van der Waals surface area contributed by atoms with Crippen molar-refractivity contribution in [2.24, 2.45) is 18.2 Å². The summed E-state index contributed by atoms with van der Waals surface area (Å²) in [6, 6.07) is 13.3. The minimum atomic E-state index is -1.19. The summed E-state index contributed by atoms with van der Waals surface area (Å²) in [5.41, 5.74) is 8.82. The number of nitrogen functional groups attached to an aromatic ring is 1. The Balaban J connectivity index is 0.00000308. The molecule has 4 rings (SSSR count). The lowest BCUT2D eigenvalue weighted by atomic mass is 9.81. The number of halogens is 2. The summed E-state index contributed by atoms with van der Waals surface area (Å²) >= 11 is 0. The van der Waals surface area contributed by atoms with E-state index in [9.17, 15) is 14.4 Å². The number of rotatable bonds is 11. The van der Waals surface area contributed by atoms with E-state index < -0.39 is 23.7 Å². The molecule has 0 spiro atoms. The summed E-state index contributed by atoms with van der Waals surface area (Å²) in [5.74, 6) is -0.890. The second-order valence-electron chi connectivity index (χ2n) is 10.8. The molecule has 0 saturated carbocycles. The van der Waals surface area contributed by atoms with Crippen molar-refractivity contribution in [2.75, 3.05) is 32.0 Å². The molecular weight excluding hydrogens is 581 g/mol. The zero-order chi connectivity index (χ0) is 29.0. The minimum absolute atomic E-state index is 0. The van der Waals surface area contributed by atoms with Crippen molar-refractivity contribution in [1.29, 1.82) is 5.41 Å². The van der Waals surface area contributed by atoms with Crippen molar-refractivity contribution in [3.63, 3.8) is 0 Å². The van der Waals surface area contributed by atoms with Crippen LogP contribution in [0, 0.1) is 10.8 Å². The molecule has 5 N–H and O–H groups in total. The van der Waals surface area contributed by atoms with E-state index in [-0.39, 0.29) is 43.1 Å². The summed E-state index contributed by atoms with van der Waals surface area (Å²) < 4.78 is 2.02. The number of aryl methyl sites for hydroxylation is 1. The van der Waals surface area contributed by atoms with Gasteiger partial charge in [0.2, 0.25) is 11.8 Å². The Hall–Kier alpha value is -3.83. The summed E-state index contributed by atoms with van der Waals surface area (Å²) in [5, 5.41) is 19.9. The van der Waals surface area contributed by atoms with Crippen LogP contribution >= 0.6 is 24.8 Å². The van der Waals surface area contributed by atoms with Crippen LogP contribution in [0.1, 0.15) is 43.1 Å². The lowest BCUT2D eigenvalue weighted by molar-refractivity contribution is -0.146. The molecular formula is C29H39Cl2N7O4. The van der Waals surface area contributed by atoms with Crippen LogP contribution in [-0.4, -0.2) is 74.8 Å². The smallest absolute Gasteiger partial charge is 0.312 e. The van der Waals surface area contributed by atoms with Crippen molar-refractivity contribution < 1.29 is 19.5 Å². The highest BCUT2D eigenvalue weighted by atomic mass is 35.5. The van der Waals surface area contributed by atoms with Gasteiger partial charge in [-0.25, -0.2) is 4.98 Å². The lowest BCUT2D eigenvalue weighted by Gasteiger charge is -2.36. The van der Waals surface area contributed by atoms with Gasteiger partial charge in [-0.1, -0.05) is 6.07 Å². The Bertz CT molecular complexity index is 1440. The number of carbonyl (C=O) groups is 3. The molecule has 13 heteroatoms. The van der Waals surface area contributed by atoms with Crippen LogP contribution in [0.5, 0.6) is 0 Å². The Morgan fingerprint density at radius 3 is 2.36 bits per heavy atom. The molecule has 228 valence electrons. The zero-order valence-electron chi connectivity index (χ0n) is 24.1. The molecule has 11 nitrogen and oxygen atoms in total. The fourth-order valence-corrected chi connectivity index (χ4v) is 5.34. The summed E-state index contributed by atoms with van der Waals surface area (Å²) in [6.45, 7) is 3.84. The Kier molecular flexibility index (Phi) is 11.8. The first-order chi connectivity index (χ1) is 19.0. The predicted molar refractivity (Wildman–Crippen MR) is 168 cm³/mol. The number of carboxylic acid groups (broad SMARTS) is 1. The van der Waals surface area contributed by atoms with Crippen molar-refractivity contribution in [3.8, 4) is 0 Å². The minimum Gasteiger partial charge on any atom is -0.481 e. The highest BCUT2D eigenvalue weighted by molar-refractivity contribution is 5.95. The van der Waals surface area contributed by atoms with E-state index in [2.05, 4.69) is 5.32 Å². The first kappa shape index (κ1) is 34.4. The number of fused-ring (bicyclic) bond motifs is 1. The molecule has 1 fully saturated rings. The molecule has 1 unspecified atom stereocenters. The Morgan fingerprint density at radius 2 is 1.76 bits per heavy atom. The highest BCUT2D eigenvalue weighted by Crippen LogP contribution is 2.30. The van der Waals surface area contributed by atoms with E-state index in [0.717, 1.165) is 41.0 Å². The third kappa shape index (κ3) is 7.92. The van der Waals surface area contributed by atoms with Gasteiger partial charge in [-0.05, 0) is 68.1 Å². The molecule has 2 aromatic carbocycles. The quantitative estimate of drug-likeness (QED) is 0.145. The number of amides is 2. The molecule has 0 bridgehead atoms. The number of nitrogens with one attached hydrogen (secondary N) is 2. The number of aliphatic carboxylic acids is 1. The predicted octanol–water partition coefficient (Wildman–Crippen LogP) is 3.42. The third-order valence-electron chi connectivity index (χ3n) is 7.50. The van der Waals surface area contributed by atoms with Crippen LogP contribution in [-0.2, 0) is 34.4 Å². The van der Waals surface area contributed by atoms with Gasteiger partial charge in [-0.2, -0.15) is 0 Å². The molecule has 1 aliphatic heterocycles.